The molecule has 3 aliphatic rings. The summed E-state index contributed by atoms with van der Waals surface area (Å²) in [7, 11) is 0. The molecule has 0 bridgehead atoms. The molecule has 0 aliphatic carbocycles. The Balaban J connectivity index is 0.886. The third-order valence-electron chi connectivity index (χ3n) is 10.2. The Hall–Kier alpha value is -4.16. The maximum absolute atomic E-state index is 13.8. The van der Waals surface area contributed by atoms with Gasteiger partial charge in [-0.25, -0.2) is 49.4 Å². The molecule has 0 amide bonds. The number of thiol groups is 1. The van der Waals surface area contributed by atoms with Gasteiger partial charge in [-0.3, -0.25) is 22.7 Å². The third-order valence-corrected chi connectivity index (χ3v) is 13.4. The molecule has 12 atom stereocenters. The summed E-state index contributed by atoms with van der Waals surface area (Å²) in [6.45, 7) is -9.62. The van der Waals surface area contributed by atoms with Crippen molar-refractivity contribution in [1.29, 1.82) is 0 Å². The van der Waals surface area contributed by atoms with Gasteiger partial charge in [-0.2, -0.15) is 0 Å². The van der Waals surface area contributed by atoms with Gasteiger partial charge in [0.25, 0.3) is 0 Å². The van der Waals surface area contributed by atoms with Crippen molar-refractivity contribution in [2.24, 2.45) is 0 Å². The number of nitrogen functional groups attached to an aromatic ring is 3. The van der Waals surface area contributed by atoms with E-state index in [1.165, 1.54) is 51.7 Å². The van der Waals surface area contributed by atoms with Crippen LogP contribution in [0.3, 0.4) is 0 Å². The predicted molar refractivity (Wildman–Crippen MR) is 214 cm³/mol. The molecule has 0 spiro atoms. The first kappa shape index (κ1) is 42.2. The van der Waals surface area contributed by atoms with E-state index in [1.807, 2.05) is 0 Å². The second-order valence-electron chi connectivity index (χ2n) is 14.1. The van der Waals surface area contributed by atoms with Crippen LogP contribution in [0.2, 0.25) is 0 Å². The number of hydrogen-bond donors (Lipinski definition) is 8. The molecule has 0 aromatic carbocycles. The summed E-state index contributed by atoms with van der Waals surface area (Å²) in [5, 5.41) is 31.7. The number of nitrogens with two attached hydrogens (primary N) is 3. The topological polar surface area (TPSA) is 371 Å². The minimum atomic E-state index is -4.20. The molecule has 0 saturated carbocycles. The largest absolute Gasteiger partial charge is 0.394 e. The van der Waals surface area contributed by atoms with E-state index in [0.717, 1.165) is 0 Å². The molecule has 3 fully saturated rings. The number of aliphatic hydroxyl groups is 3. The number of anilines is 3. The van der Waals surface area contributed by atoms with Crippen molar-refractivity contribution < 1.29 is 57.1 Å². The Morgan fingerprint density at radius 2 is 1.16 bits per heavy atom. The van der Waals surface area contributed by atoms with Crippen LogP contribution in [0.1, 0.15) is 31.5 Å². The van der Waals surface area contributed by atoms with Crippen LogP contribution >= 0.6 is 25.8 Å². The van der Waals surface area contributed by atoms with Crippen molar-refractivity contribution in [2.45, 2.75) is 74.3 Å². The van der Waals surface area contributed by atoms with Crippen molar-refractivity contribution in [3.63, 3.8) is 0 Å². The Morgan fingerprint density at radius 1 is 0.689 bits per heavy atom. The fourth-order valence-corrected chi connectivity index (χ4v) is 10.3. The fraction of sp³-hybridized carbons (Fsp3) is 0.500. The number of hydrogen-bond acceptors (Lipinski definition) is 24. The van der Waals surface area contributed by atoms with Crippen molar-refractivity contribution in [3.8, 4) is 0 Å². The molecular weight excluding hydrogens is 889 g/mol. The molecule has 27 nitrogen and oxygen atoms in total. The zero-order chi connectivity index (χ0) is 42.8. The number of rotatable bonds is 14. The van der Waals surface area contributed by atoms with Gasteiger partial charge in [0, 0.05) is 12.8 Å². The van der Waals surface area contributed by atoms with Gasteiger partial charge >= 0.3 is 13.5 Å². The maximum atomic E-state index is 13.8. The average Bonchev–Trinajstić information content (AvgIpc) is 4.08. The lowest BCUT2D eigenvalue weighted by Gasteiger charge is -2.25. The van der Waals surface area contributed by atoms with Crippen LogP contribution < -0.4 is 17.2 Å². The van der Waals surface area contributed by atoms with Gasteiger partial charge in [-0.15, -0.1) is 0 Å². The molecule has 6 aromatic heterocycles. The quantitative estimate of drug-likeness (QED) is 0.0504. The van der Waals surface area contributed by atoms with Crippen LogP contribution in [0, 0.1) is 0 Å². The Bertz CT molecular complexity index is 2680. The molecule has 2 unspecified atom stereocenters. The molecule has 3 aliphatic heterocycles. The summed E-state index contributed by atoms with van der Waals surface area (Å²) in [6.07, 6.45) is -3.02. The van der Waals surface area contributed by atoms with Crippen molar-refractivity contribution in [1.82, 2.24) is 58.6 Å². The molecule has 0 radical (unpaired) electrons. The van der Waals surface area contributed by atoms with E-state index >= 15 is 0 Å². The van der Waals surface area contributed by atoms with E-state index in [9.17, 15) is 24.8 Å². The number of fused-ring (bicyclic) bond motifs is 3. The van der Waals surface area contributed by atoms with Crippen LogP contribution in [0.15, 0.2) is 38.0 Å². The highest BCUT2D eigenvalue weighted by Gasteiger charge is 2.47. The maximum Gasteiger partial charge on any atom is 0.386 e. The molecule has 10 N–H and O–H groups in total. The van der Waals surface area contributed by atoms with Crippen LogP contribution in [-0.2, 0) is 48.7 Å². The van der Waals surface area contributed by atoms with Crippen LogP contribution in [0.4, 0.5) is 17.5 Å². The highest BCUT2D eigenvalue weighted by molar-refractivity contribution is 8.44. The first-order valence-corrected chi connectivity index (χ1v) is 23.5. The minimum absolute atomic E-state index is 0.0209. The van der Waals surface area contributed by atoms with E-state index in [0.29, 0.717) is 11.2 Å². The Morgan fingerprint density at radius 3 is 1.69 bits per heavy atom. The summed E-state index contributed by atoms with van der Waals surface area (Å²) in [5.74, 6) is 0.340. The summed E-state index contributed by atoms with van der Waals surface area (Å²) in [4.78, 5) is 48.6. The van der Waals surface area contributed by atoms with Gasteiger partial charge < -0.3 is 60.7 Å². The van der Waals surface area contributed by atoms with Crippen molar-refractivity contribution >= 4 is 88.5 Å². The van der Waals surface area contributed by atoms with Crippen LogP contribution in [0.25, 0.3) is 33.5 Å². The van der Waals surface area contributed by atoms with E-state index in [4.69, 9.17) is 61.3 Å². The lowest BCUT2D eigenvalue weighted by molar-refractivity contribution is -0.0578. The minimum Gasteiger partial charge on any atom is -0.394 e. The van der Waals surface area contributed by atoms with Gasteiger partial charge in [-0.05, 0) is 11.8 Å². The number of aromatic nitrogens is 12. The van der Waals surface area contributed by atoms with Gasteiger partial charge in [0.05, 0.1) is 51.0 Å². The second-order valence-corrected chi connectivity index (χ2v) is 19.7. The molecule has 6 aromatic rings. The average molecular weight is 926 g/mol. The molecule has 326 valence electrons. The van der Waals surface area contributed by atoms with Gasteiger partial charge in [0.15, 0.2) is 53.1 Å². The first-order valence-electron chi connectivity index (χ1n) is 18.2. The lowest BCUT2D eigenvalue weighted by Crippen LogP contribution is -2.33. The van der Waals surface area contributed by atoms with Gasteiger partial charge in [0.2, 0.25) is 0 Å². The van der Waals surface area contributed by atoms with Crippen molar-refractivity contribution in [2.75, 3.05) is 37.0 Å². The fourth-order valence-electron chi connectivity index (χ4n) is 7.35. The van der Waals surface area contributed by atoms with E-state index in [-0.39, 0.29) is 65.8 Å². The normalized spacial score (nSPS) is 30.1. The Kier molecular flexibility index (Phi) is 11.4. The lowest BCUT2D eigenvalue weighted by atomic mass is 10.1. The highest BCUT2D eigenvalue weighted by atomic mass is 32.7. The summed E-state index contributed by atoms with van der Waals surface area (Å²) in [6, 6.07) is 0. The van der Waals surface area contributed by atoms with E-state index < -0.39 is 81.5 Å². The number of imidazole rings is 3. The molecule has 9 rings (SSSR count). The number of ether oxygens (including phenoxy) is 3. The highest BCUT2D eigenvalue weighted by Crippen LogP contribution is 2.57. The van der Waals surface area contributed by atoms with Crippen LogP contribution in [0.5, 0.6) is 0 Å². The van der Waals surface area contributed by atoms with Crippen LogP contribution in [-0.4, -0.2) is 141 Å². The second kappa shape index (κ2) is 16.5. The standard InChI is InChI=1S/C30H37N15O12P2S2/c31-22-17-25(37-6-34-22)43(9-40-17)28-14(1-12(3-46)53-28)56-58(49,60)51-4-13-2-15(29(54-13)44-10-41-18-23(32)35-7-38-26(18)44)57-59(50,61)52-5-16-20(47)21(48)30(55-16)45-11-42-19-24(33)36-8-39-27(19)45/h6-16,20-21,28-30,46-48H,1-5H2,(H,49,60)(H,50,61)(H2,31,34,37)(H2,32,35,38)(H2,33,36,39)/t12-,13-,14+,15+,16+,20+,21+,28+,29+,30+,58?,59?/m0/s1. The zero-order valence-electron chi connectivity index (χ0n) is 31.2. The van der Waals surface area contributed by atoms with E-state index in [2.05, 4.69) is 57.1 Å². The smallest absolute Gasteiger partial charge is 0.386 e. The van der Waals surface area contributed by atoms with E-state index in [1.54, 1.807) is 0 Å². The molecule has 3 saturated heterocycles. The SMILES string of the molecule is Nc1ncnc2c1ncn2[C@@H]1O[C@H](COP(O)(=S)O[C@@H]2C[C@@H](COP(=O)(S)O[C@@H]3C[C@@H](CO)O[C@H]3n3cnc4c(N)ncnc43)O[C@H]2n2cnc3c(N)ncnc32)[C@@H](O)[C@H]1O. The zero-order valence-corrected chi connectivity index (χ0v) is 34.7. The molecule has 31 heteroatoms. The summed E-state index contributed by atoms with van der Waals surface area (Å²) in [5.41, 5.74) is 19.5. The molecule has 61 heavy (non-hydrogen) atoms. The predicted octanol–water partition coefficient (Wildman–Crippen LogP) is -0.502. The molecular formula is C30H37N15O12P2S2. The summed E-state index contributed by atoms with van der Waals surface area (Å²) < 4.78 is 59.7. The first-order chi connectivity index (χ1) is 29.2. The summed E-state index contributed by atoms with van der Waals surface area (Å²) >= 11 is 9.64. The number of aliphatic hydroxyl groups excluding tert-OH is 3. The monoisotopic (exact) mass is 925 g/mol. The van der Waals surface area contributed by atoms with Crippen molar-refractivity contribution in [3.05, 3.63) is 38.0 Å². The molecule has 9 heterocycles. The Labute approximate surface area is 352 Å². The van der Waals surface area contributed by atoms with Gasteiger partial charge in [-0.1, -0.05) is 12.2 Å². The van der Waals surface area contributed by atoms with Gasteiger partial charge in [0.1, 0.15) is 66.1 Å². The number of nitrogens with zero attached hydrogens (tertiary/aromatic N) is 12. The third kappa shape index (κ3) is 8.16.